The molecule has 1 aliphatic rings. The van der Waals surface area contributed by atoms with E-state index in [4.69, 9.17) is 0 Å². The molecule has 0 radical (unpaired) electrons. The summed E-state index contributed by atoms with van der Waals surface area (Å²) < 4.78 is 0. The molecule has 0 bridgehead atoms. The van der Waals surface area contributed by atoms with E-state index >= 15 is 0 Å². The first-order valence-corrected chi connectivity index (χ1v) is 8.52. The Hall–Kier alpha value is -1.39. The highest BCUT2D eigenvalue weighted by molar-refractivity contribution is 5.79. The fourth-order valence-electron chi connectivity index (χ4n) is 2.97. The Morgan fingerprint density at radius 1 is 1.27 bits per heavy atom. The van der Waals surface area contributed by atoms with Gasteiger partial charge >= 0.3 is 0 Å². The van der Waals surface area contributed by atoms with Crippen molar-refractivity contribution in [1.29, 1.82) is 0 Å². The maximum atomic E-state index is 12.3. The smallest absolute Gasteiger partial charge is 0.224 e. The van der Waals surface area contributed by atoms with Crippen LogP contribution in [0.2, 0.25) is 0 Å². The molecule has 2 rings (SSSR count). The van der Waals surface area contributed by atoms with Crippen molar-refractivity contribution in [3.63, 3.8) is 0 Å². The second-order valence-corrected chi connectivity index (χ2v) is 5.99. The summed E-state index contributed by atoms with van der Waals surface area (Å²) in [7, 11) is 0. The van der Waals surface area contributed by atoms with Gasteiger partial charge in [0.05, 0.1) is 5.92 Å². The Morgan fingerprint density at radius 2 is 2.00 bits per heavy atom. The van der Waals surface area contributed by atoms with Crippen LogP contribution >= 0.6 is 0 Å². The number of nitrogens with one attached hydrogen (secondary N) is 2. The Kier molecular flexibility index (Phi) is 6.87. The van der Waals surface area contributed by atoms with Gasteiger partial charge in [-0.05, 0) is 43.6 Å². The van der Waals surface area contributed by atoms with Gasteiger partial charge in [0.15, 0.2) is 0 Å². The zero-order valence-corrected chi connectivity index (χ0v) is 13.9. The zero-order valence-electron chi connectivity index (χ0n) is 13.9. The number of benzene rings is 1. The lowest BCUT2D eigenvalue weighted by molar-refractivity contribution is -0.125. The summed E-state index contributed by atoms with van der Waals surface area (Å²) in [5.74, 6) is 0.313. The van der Waals surface area contributed by atoms with Gasteiger partial charge in [-0.2, -0.15) is 0 Å². The molecule has 0 spiro atoms. The van der Waals surface area contributed by atoms with Crippen molar-refractivity contribution in [1.82, 2.24) is 15.5 Å². The molecule has 0 aliphatic carbocycles. The number of amides is 1. The highest BCUT2D eigenvalue weighted by atomic mass is 16.1. The van der Waals surface area contributed by atoms with Crippen LogP contribution in [0.1, 0.15) is 37.8 Å². The van der Waals surface area contributed by atoms with E-state index in [0.29, 0.717) is 6.54 Å². The first-order valence-electron chi connectivity index (χ1n) is 8.52. The molecule has 1 aromatic rings. The van der Waals surface area contributed by atoms with Crippen molar-refractivity contribution >= 4 is 5.91 Å². The molecule has 1 atom stereocenters. The Balaban J connectivity index is 1.93. The molecule has 4 heteroatoms. The summed E-state index contributed by atoms with van der Waals surface area (Å²) in [6.45, 7) is 9.89. The topological polar surface area (TPSA) is 44.4 Å². The average Bonchev–Trinajstić information content (AvgIpc) is 2.59. The van der Waals surface area contributed by atoms with E-state index in [2.05, 4.69) is 53.6 Å². The van der Waals surface area contributed by atoms with Crippen LogP contribution in [0, 0.1) is 5.92 Å². The van der Waals surface area contributed by atoms with Gasteiger partial charge in [0.2, 0.25) is 5.91 Å². The molecular formula is C18H29N3O. The Morgan fingerprint density at radius 3 is 2.64 bits per heavy atom. The monoisotopic (exact) mass is 303 g/mol. The van der Waals surface area contributed by atoms with Crippen molar-refractivity contribution in [3.05, 3.63) is 35.4 Å². The van der Waals surface area contributed by atoms with E-state index in [-0.39, 0.29) is 11.8 Å². The standard InChI is InChI=1S/C18H29N3O/c1-3-21(4-2)14-17-9-6-5-8-15(17)13-20-18(22)16-10-7-11-19-12-16/h5-6,8-9,16,19H,3-4,7,10-14H2,1-2H3,(H,20,22). The SMILES string of the molecule is CCN(CC)Cc1ccccc1CNC(=O)C1CCCNC1. The molecule has 122 valence electrons. The number of carbonyl (C=O) groups is 1. The normalized spacial score (nSPS) is 18.4. The van der Waals surface area contributed by atoms with Crippen LogP contribution in [0.3, 0.4) is 0 Å². The van der Waals surface area contributed by atoms with Gasteiger partial charge in [0.25, 0.3) is 0 Å². The molecule has 1 fully saturated rings. The van der Waals surface area contributed by atoms with Gasteiger partial charge in [-0.1, -0.05) is 38.1 Å². The minimum Gasteiger partial charge on any atom is -0.352 e. The van der Waals surface area contributed by atoms with Gasteiger partial charge in [0.1, 0.15) is 0 Å². The molecule has 1 aliphatic heterocycles. The number of hydrogen-bond acceptors (Lipinski definition) is 3. The lowest BCUT2D eigenvalue weighted by atomic mass is 9.98. The maximum Gasteiger partial charge on any atom is 0.224 e. The quantitative estimate of drug-likeness (QED) is 0.811. The maximum absolute atomic E-state index is 12.3. The van der Waals surface area contributed by atoms with E-state index in [1.54, 1.807) is 0 Å². The zero-order chi connectivity index (χ0) is 15.8. The number of nitrogens with zero attached hydrogens (tertiary/aromatic N) is 1. The predicted octanol–water partition coefficient (Wildman–Crippen LogP) is 2.14. The van der Waals surface area contributed by atoms with E-state index < -0.39 is 0 Å². The Labute approximate surface area is 134 Å². The third-order valence-corrected chi connectivity index (χ3v) is 4.53. The van der Waals surface area contributed by atoms with E-state index in [1.807, 2.05) is 0 Å². The van der Waals surface area contributed by atoms with Crippen molar-refractivity contribution in [2.75, 3.05) is 26.2 Å². The largest absolute Gasteiger partial charge is 0.352 e. The molecule has 1 amide bonds. The molecular weight excluding hydrogens is 274 g/mol. The van der Waals surface area contributed by atoms with E-state index in [9.17, 15) is 4.79 Å². The second kappa shape index (κ2) is 8.91. The third kappa shape index (κ3) is 4.82. The summed E-state index contributed by atoms with van der Waals surface area (Å²) in [5.41, 5.74) is 2.54. The molecule has 1 aromatic carbocycles. The second-order valence-electron chi connectivity index (χ2n) is 5.99. The summed E-state index contributed by atoms with van der Waals surface area (Å²) in [6, 6.07) is 8.42. The summed E-state index contributed by atoms with van der Waals surface area (Å²) in [5, 5.41) is 6.42. The number of hydrogen-bond donors (Lipinski definition) is 2. The molecule has 2 N–H and O–H groups in total. The highest BCUT2D eigenvalue weighted by Crippen LogP contribution is 2.13. The summed E-state index contributed by atoms with van der Waals surface area (Å²) >= 11 is 0. The predicted molar refractivity (Wildman–Crippen MR) is 90.5 cm³/mol. The van der Waals surface area contributed by atoms with Gasteiger partial charge in [-0.25, -0.2) is 0 Å². The van der Waals surface area contributed by atoms with Gasteiger partial charge in [0, 0.05) is 19.6 Å². The molecule has 0 aromatic heterocycles. The minimum absolute atomic E-state index is 0.128. The lowest BCUT2D eigenvalue weighted by Gasteiger charge is -2.23. The first-order chi connectivity index (χ1) is 10.7. The van der Waals surface area contributed by atoms with Crippen LogP contribution in [-0.4, -0.2) is 37.0 Å². The number of carbonyl (C=O) groups excluding carboxylic acids is 1. The fourth-order valence-corrected chi connectivity index (χ4v) is 2.97. The summed E-state index contributed by atoms with van der Waals surface area (Å²) in [4.78, 5) is 14.7. The van der Waals surface area contributed by atoms with Crippen LogP contribution in [0.15, 0.2) is 24.3 Å². The van der Waals surface area contributed by atoms with Crippen molar-refractivity contribution < 1.29 is 4.79 Å². The van der Waals surface area contributed by atoms with Crippen molar-refractivity contribution in [3.8, 4) is 0 Å². The highest BCUT2D eigenvalue weighted by Gasteiger charge is 2.20. The molecule has 1 heterocycles. The van der Waals surface area contributed by atoms with Crippen molar-refractivity contribution in [2.45, 2.75) is 39.8 Å². The van der Waals surface area contributed by atoms with Crippen LogP contribution < -0.4 is 10.6 Å². The summed E-state index contributed by atoms with van der Waals surface area (Å²) in [6.07, 6.45) is 2.09. The fraction of sp³-hybridized carbons (Fsp3) is 0.611. The molecule has 0 saturated carbocycles. The number of rotatable bonds is 7. The molecule has 4 nitrogen and oxygen atoms in total. The van der Waals surface area contributed by atoms with Crippen LogP contribution in [-0.2, 0) is 17.9 Å². The first kappa shape index (κ1) is 17.0. The van der Waals surface area contributed by atoms with Crippen LogP contribution in [0.25, 0.3) is 0 Å². The van der Waals surface area contributed by atoms with Gasteiger partial charge in [-0.3, -0.25) is 9.69 Å². The van der Waals surface area contributed by atoms with E-state index in [0.717, 1.165) is 45.6 Å². The van der Waals surface area contributed by atoms with Crippen LogP contribution in [0.5, 0.6) is 0 Å². The molecule has 22 heavy (non-hydrogen) atoms. The third-order valence-electron chi connectivity index (χ3n) is 4.53. The number of piperidine rings is 1. The average molecular weight is 303 g/mol. The van der Waals surface area contributed by atoms with Crippen molar-refractivity contribution in [2.24, 2.45) is 5.92 Å². The van der Waals surface area contributed by atoms with Gasteiger partial charge in [-0.15, -0.1) is 0 Å². The molecule has 1 saturated heterocycles. The lowest BCUT2D eigenvalue weighted by Crippen LogP contribution is -2.40. The molecule has 1 unspecified atom stereocenters. The van der Waals surface area contributed by atoms with E-state index in [1.165, 1.54) is 11.1 Å². The van der Waals surface area contributed by atoms with Crippen LogP contribution in [0.4, 0.5) is 0 Å². The van der Waals surface area contributed by atoms with Gasteiger partial charge < -0.3 is 10.6 Å². The minimum atomic E-state index is 0.128. The Bertz CT molecular complexity index is 465.